The number of hydrogen-bond donors (Lipinski definition) is 2. The van der Waals surface area contributed by atoms with E-state index < -0.39 is 12.1 Å². The molecule has 0 aliphatic carbocycles. The molecule has 2 N–H and O–H groups in total. The van der Waals surface area contributed by atoms with Crippen LogP contribution >= 0.6 is 0 Å². The first-order valence-corrected chi connectivity index (χ1v) is 7.04. The number of carboxylic acids is 1. The number of alkyl carbamates (subject to hydrolysis) is 1. The predicted molar refractivity (Wildman–Crippen MR) is 87.2 cm³/mol. The lowest BCUT2D eigenvalue weighted by atomic mass is 10.0. The van der Waals surface area contributed by atoms with Gasteiger partial charge < -0.3 is 15.2 Å². The van der Waals surface area contributed by atoms with Gasteiger partial charge in [0.1, 0.15) is 6.61 Å². The average molecular weight is 311 g/mol. The standard InChI is InChI=1S/C18H17NO4/c1-2-10-23-18(22)19-12-13-6-8-14(9-7-13)15-4-3-5-16(11-15)17(20)21/h2-9,11H,1,10,12H2,(H,19,22)(H,20,21). The Kier molecular flexibility index (Phi) is 5.52. The fraction of sp³-hybridized carbons (Fsp3) is 0.111. The normalized spacial score (nSPS) is 9.91. The van der Waals surface area contributed by atoms with Crippen LogP contribution in [-0.4, -0.2) is 23.8 Å². The molecule has 5 nitrogen and oxygen atoms in total. The van der Waals surface area contributed by atoms with E-state index in [2.05, 4.69) is 11.9 Å². The second kappa shape index (κ2) is 7.79. The minimum atomic E-state index is -0.953. The Morgan fingerprint density at radius 2 is 1.87 bits per heavy atom. The third kappa shape index (κ3) is 4.71. The molecule has 2 aromatic carbocycles. The molecule has 0 atom stereocenters. The van der Waals surface area contributed by atoms with E-state index in [0.717, 1.165) is 16.7 Å². The van der Waals surface area contributed by atoms with Crippen LogP contribution in [0.4, 0.5) is 4.79 Å². The van der Waals surface area contributed by atoms with Gasteiger partial charge in [0.2, 0.25) is 0 Å². The predicted octanol–water partition coefficient (Wildman–Crippen LogP) is 3.46. The first kappa shape index (κ1) is 16.3. The highest BCUT2D eigenvalue weighted by Crippen LogP contribution is 2.21. The van der Waals surface area contributed by atoms with Crippen LogP contribution in [0.1, 0.15) is 15.9 Å². The SMILES string of the molecule is C=CCOC(=O)NCc1ccc(-c2cccc(C(=O)O)c2)cc1. The molecule has 0 saturated carbocycles. The number of aromatic carboxylic acids is 1. The molecule has 2 rings (SSSR count). The van der Waals surface area contributed by atoms with E-state index in [-0.39, 0.29) is 12.2 Å². The summed E-state index contributed by atoms with van der Waals surface area (Å²) >= 11 is 0. The van der Waals surface area contributed by atoms with Crippen LogP contribution in [0.2, 0.25) is 0 Å². The average Bonchev–Trinajstić information content (AvgIpc) is 2.58. The van der Waals surface area contributed by atoms with Crippen molar-refractivity contribution in [1.29, 1.82) is 0 Å². The lowest BCUT2D eigenvalue weighted by Gasteiger charge is -2.07. The van der Waals surface area contributed by atoms with E-state index >= 15 is 0 Å². The second-order valence-electron chi connectivity index (χ2n) is 4.82. The lowest BCUT2D eigenvalue weighted by Crippen LogP contribution is -2.23. The van der Waals surface area contributed by atoms with Gasteiger partial charge in [-0.05, 0) is 28.8 Å². The summed E-state index contributed by atoms with van der Waals surface area (Å²) in [6.07, 6.45) is 1.00. The van der Waals surface area contributed by atoms with Gasteiger partial charge >= 0.3 is 12.1 Å². The van der Waals surface area contributed by atoms with E-state index in [1.54, 1.807) is 18.2 Å². The summed E-state index contributed by atoms with van der Waals surface area (Å²) in [6, 6.07) is 14.3. The summed E-state index contributed by atoms with van der Waals surface area (Å²) in [4.78, 5) is 22.3. The molecule has 0 radical (unpaired) electrons. The van der Waals surface area contributed by atoms with Crippen molar-refractivity contribution in [1.82, 2.24) is 5.32 Å². The molecule has 1 amide bonds. The zero-order valence-corrected chi connectivity index (χ0v) is 12.5. The molecule has 0 saturated heterocycles. The van der Waals surface area contributed by atoms with Crippen LogP contribution in [0.15, 0.2) is 61.2 Å². The Morgan fingerprint density at radius 1 is 1.13 bits per heavy atom. The van der Waals surface area contributed by atoms with E-state index in [9.17, 15) is 9.59 Å². The second-order valence-corrected chi connectivity index (χ2v) is 4.82. The Labute approximate surface area is 134 Å². The molecule has 0 aliphatic rings. The van der Waals surface area contributed by atoms with Gasteiger partial charge in [-0.25, -0.2) is 9.59 Å². The fourth-order valence-electron chi connectivity index (χ4n) is 2.01. The van der Waals surface area contributed by atoms with Crippen LogP contribution in [0, 0.1) is 0 Å². The monoisotopic (exact) mass is 311 g/mol. The number of amides is 1. The van der Waals surface area contributed by atoms with Gasteiger partial charge in [0, 0.05) is 6.54 Å². The molecule has 0 fully saturated rings. The maximum absolute atomic E-state index is 11.3. The molecule has 0 aromatic heterocycles. The molecule has 0 unspecified atom stereocenters. The maximum atomic E-state index is 11.3. The Bertz CT molecular complexity index is 707. The van der Waals surface area contributed by atoms with Crippen LogP contribution < -0.4 is 5.32 Å². The zero-order valence-electron chi connectivity index (χ0n) is 12.5. The van der Waals surface area contributed by atoms with Gasteiger partial charge in [-0.15, -0.1) is 0 Å². The fourth-order valence-corrected chi connectivity index (χ4v) is 2.01. The molecule has 23 heavy (non-hydrogen) atoms. The van der Waals surface area contributed by atoms with Crippen molar-refractivity contribution >= 4 is 12.1 Å². The molecular weight excluding hydrogens is 294 g/mol. The van der Waals surface area contributed by atoms with Gasteiger partial charge in [-0.3, -0.25) is 0 Å². The van der Waals surface area contributed by atoms with E-state index in [4.69, 9.17) is 9.84 Å². The largest absolute Gasteiger partial charge is 0.478 e. The minimum absolute atomic E-state index is 0.171. The van der Waals surface area contributed by atoms with Crippen LogP contribution in [-0.2, 0) is 11.3 Å². The number of nitrogens with one attached hydrogen (secondary N) is 1. The van der Waals surface area contributed by atoms with Crippen molar-refractivity contribution in [2.75, 3.05) is 6.61 Å². The number of carbonyl (C=O) groups excluding carboxylic acids is 1. The highest BCUT2D eigenvalue weighted by atomic mass is 16.5. The molecule has 2 aromatic rings. The first-order valence-electron chi connectivity index (χ1n) is 7.04. The Balaban J connectivity index is 2.02. The summed E-state index contributed by atoms with van der Waals surface area (Å²) in [7, 11) is 0. The molecule has 0 aliphatic heterocycles. The molecule has 118 valence electrons. The topological polar surface area (TPSA) is 75.6 Å². The van der Waals surface area contributed by atoms with Gasteiger partial charge in [0.05, 0.1) is 5.56 Å². The smallest absolute Gasteiger partial charge is 0.407 e. The third-order valence-electron chi connectivity index (χ3n) is 3.17. The van der Waals surface area contributed by atoms with Crippen molar-refractivity contribution < 1.29 is 19.4 Å². The van der Waals surface area contributed by atoms with Gasteiger partial charge in [-0.1, -0.05) is 49.1 Å². The van der Waals surface area contributed by atoms with Crippen molar-refractivity contribution in [2.45, 2.75) is 6.54 Å². The van der Waals surface area contributed by atoms with Crippen LogP contribution in [0.3, 0.4) is 0 Å². The maximum Gasteiger partial charge on any atom is 0.407 e. The van der Waals surface area contributed by atoms with Crippen molar-refractivity contribution in [2.24, 2.45) is 0 Å². The number of rotatable bonds is 6. The van der Waals surface area contributed by atoms with Crippen molar-refractivity contribution in [3.8, 4) is 11.1 Å². The molecular formula is C18H17NO4. The Morgan fingerprint density at radius 3 is 2.52 bits per heavy atom. The number of hydrogen-bond acceptors (Lipinski definition) is 3. The number of benzene rings is 2. The first-order chi connectivity index (χ1) is 11.1. The lowest BCUT2D eigenvalue weighted by molar-refractivity contribution is 0.0697. The number of carbonyl (C=O) groups is 2. The summed E-state index contributed by atoms with van der Waals surface area (Å²) in [5.41, 5.74) is 2.90. The number of ether oxygens (including phenoxy) is 1. The van der Waals surface area contributed by atoms with E-state index in [1.807, 2.05) is 30.3 Å². The van der Waals surface area contributed by atoms with Crippen LogP contribution in [0.25, 0.3) is 11.1 Å². The highest BCUT2D eigenvalue weighted by Gasteiger charge is 2.05. The molecule has 0 heterocycles. The minimum Gasteiger partial charge on any atom is -0.478 e. The zero-order chi connectivity index (χ0) is 16.7. The summed E-state index contributed by atoms with van der Waals surface area (Å²) in [5, 5.41) is 11.7. The van der Waals surface area contributed by atoms with E-state index in [1.165, 1.54) is 6.08 Å². The van der Waals surface area contributed by atoms with Crippen molar-refractivity contribution in [3.63, 3.8) is 0 Å². The van der Waals surface area contributed by atoms with Crippen molar-refractivity contribution in [3.05, 3.63) is 72.3 Å². The Hall–Kier alpha value is -3.08. The van der Waals surface area contributed by atoms with Gasteiger partial charge in [-0.2, -0.15) is 0 Å². The van der Waals surface area contributed by atoms with Gasteiger partial charge in [0.25, 0.3) is 0 Å². The quantitative estimate of drug-likeness (QED) is 0.801. The summed E-state index contributed by atoms with van der Waals surface area (Å²) < 4.78 is 4.82. The summed E-state index contributed by atoms with van der Waals surface area (Å²) in [6.45, 7) is 3.99. The summed E-state index contributed by atoms with van der Waals surface area (Å²) in [5.74, 6) is -0.953. The third-order valence-corrected chi connectivity index (χ3v) is 3.17. The van der Waals surface area contributed by atoms with Crippen LogP contribution in [0.5, 0.6) is 0 Å². The molecule has 5 heteroatoms. The highest BCUT2D eigenvalue weighted by molar-refractivity contribution is 5.89. The molecule has 0 spiro atoms. The van der Waals surface area contributed by atoms with E-state index in [0.29, 0.717) is 6.54 Å². The molecule has 0 bridgehead atoms. The number of carboxylic acid groups (broad SMARTS) is 1. The van der Waals surface area contributed by atoms with Gasteiger partial charge in [0.15, 0.2) is 0 Å².